The lowest BCUT2D eigenvalue weighted by Gasteiger charge is -2.31. The van der Waals surface area contributed by atoms with E-state index in [1.54, 1.807) is 0 Å². The van der Waals surface area contributed by atoms with Crippen molar-refractivity contribution in [3.63, 3.8) is 0 Å². The molecule has 12 rings (SSSR count). The maximum atomic E-state index is 6.72. The average Bonchev–Trinajstić information content (AvgIpc) is 3.89. The molecule has 0 N–H and O–H groups in total. The highest BCUT2D eigenvalue weighted by Crippen LogP contribution is 2.63. The first-order chi connectivity index (χ1) is 26.1. The van der Waals surface area contributed by atoms with Crippen molar-refractivity contribution < 1.29 is 0 Å². The van der Waals surface area contributed by atoms with Gasteiger partial charge in [0.05, 0.1) is 27.5 Å². The Morgan fingerprint density at radius 3 is 0.981 bits per heavy atom. The molecule has 2 aromatic heterocycles. The standard InChI is InChI=1S/C49H28B2N2/c50-29-17-21-33-34-22-18-30(51)26-42(34)49(41(33)25-29)43-27-31(52-45-13-5-1-9-37(45)38-10-2-6-14-46(38)52)19-23-35(43)36-24-20-32(28-44(36)49)53-47-15-7-3-11-39(47)40-12-4-8-16-48(40)53/h1-28H. The molecule has 2 aliphatic carbocycles. The minimum Gasteiger partial charge on any atom is -0.309 e. The van der Waals surface area contributed by atoms with Gasteiger partial charge < -0.3 is 9.13 Å². The van der Waals surface area contributed by atoms with E-state index in [1.807, 2.05) is 12.1 Å². The number of nitrogens with zero attached hydrogens (tertiary/aromatic N) is 2. The van der Waals surface area contributed by atoms with Crippen molar-refractivity contribution >= 4 is 70.2 Å². The fourth-order valence-electron chi connectivity index (χ4n) is 9.92. The highest BCUT2D eigenvalue weighted by molar-refractivity contribution is 6.33. The SMILES string of the molecule is [B]c1ccc2c(c1)C1(c3cc([B])ccc3-2)c2cc(-n3c4ccccc4c4ccccc43)ccc2-c2ccc(-n3c4ccccc4c4ccccc43)cc21. The van der Waals surface area contributed by atoms with Crippen LogP contribution < -0.4 is 10.9 Å². The Morgan fingerprint density at radius 1 is 0.321 bits per heavy atom. The van der Waals surface area contributed by atoms with Crippen LogP contribution in [0.4, 0.5) is 0 Å². The van der Waals surface area contributed by atoms with E-state index in [0.29, 0.717) is 0 Å². The van der Waals surface area contributed by atoms with Gasteiger partial charge in [-0.2, -0.15) is 0 Å². The molecule has 2 nitrogen and oxygen atoms in total. The van der Waals surface area contributed by atoms with E-state index in [4.69, 9.17) is 15.7 Å². The zero-order valence-electron chi connectivity index (χ0n) is 28.7. The normalized spacial score (nSPS) is 13.6. The molecule has 0 atom stereocenters. The summed E-state index contributed by atoms with van der Waals surface area (Å²) < 4.78 is 4.83. The minimum absolute atomic E-state index is 0.649. The Bertz CT molecular complexity index is 2890. The molecule has 0 saturated heterocycles. The fourth-order valence-corrected chi connectivity index (χ4v) is 9.92. The minimum atomic E-state index is -0.649. The number of hydrogen-bond donors (Lipinski definition) is 0. The summed E-state index contributed by atoms with van der Waals surface area (Å²) in [6, 6.07) is 61.8. The lowest BCUT2D eigenvalue weighted by Crippen LogP contribution is -2.28. The van der Waals surface area contributed by atoms with Crippen LogP contribution in [-0.2, 0) is 5.41 Å². The molecule has 10 aromatic rings. The first-order valence-electron chi connectivity index (χ1n) is 18.2. The molecule has 4 radical (unpaired) electrons. The molecule has 0 unspecified atom stereocenters. The maximum absolute atomic E-state index is 6.72. The zero-order valence-corrected chi connectivity index (χ0v) is 28.7. The van der Waals surface area contributed by atoms with Crippen LogP contribution >= 0.6 is 0 Å². The molecule has 8 aromatic carbocycles. The van der Waals surface area contributed by atoms with Gasteiger partial charge in [0, 0.05) is 32.9 Å². The number of fused-ring (bicyclic) bond motifs is 16. The maximum Gasteiger partial charge on any atom is 0.113 e. The fraction of sp³-hybridized carbons (Fsp3) is 0.0204. The topological polar surface area (TPSA) is 9.86 Å². The van der Waals surface area contributed by atoms with E-state index in [2.05, 4.69) is 167 Å². The molecule has 2 aliphatic rings. The molecule has 0 fully saturated rings. The van der Waals surface area contributed by atoms with Gasteiger partial charge in [0.2, 0.25) is 0 Å². The van der Waals surface area contributed by atoms with Crippen LogP contribution in [0.25, 0.3) is 77.2 Å². The van der Waals surface area contributed by atoms with Gasteiger partial charge in [-0.25, -0.2) is 0 Å². The van der Waals surface area contributed by atoms with Gasteiger partial charge in [0.25, 0.3) is 0 Å². The van der Waals surface area contributed by atoms with Crippen molar-refractivity contribution in [3.05, 3.63) is 192 Å². The zero-order chi connectivity index (χ0) is 35.0. The summed E-state index contributed by atoms with van der Waals surface area (Å²) in [4.78, 5) is 0. The molecule has 0 saturated carbocycles. The monoisotopic (exact) mass is 666 g/mol. The van der Waals surface area contributed by atoms with Crippen LogP contribution in [0.2, 0.25) is 0 Å². The van der Waals surface area contributed by atoms with Crippen LogP contribution in [-0.4, -0.2) is 24.8 Å². The number of benzene rings is 8. The number of para-hydroxylation sites is 4. The first-order valence-corrected chi connectivity index (χ1v) is 18.2. The summed E-state index contributed by atoms with van der Waals surface area (Å²) in [6.45, 7) is 0. The molecule has 4 heteroatoms. The summed E-state index contributed by atoms with van der Waals surface area (Å²) >= 11 is 0. The predicted molar refractivity (Wildman–Crippen MR) is 222 cm³/mol. The van der Waals surface area contributed by atoms with Crippen molar-refractivity contribution in [2.24, 2.45) is 0 Å². The van der Waals surface area contributed by atoms with Crippen LogP contribution in [0, 0.1) is 0 Å². The molecule has 1 spiro atoms. The largest absolute Gasteiger partial charge is 0.309 e. The van der Waals surface area contributed by atoms with Gasteiger partial charge in [-0.1, -0.05) is 132 Å². The molecular weight excluding hydrogens is 638 g/mol. The van der Waals surface area contributed by atoms with Crippen molar-refractivity contribution in [1.29, 1.82) is 0 Å². The number of hydrogen-bond acceptors (Lipinski definition) is 0. The smallest absolute Gasteiger partial charge is 0.113 e. The van der Waals surface area contributed by atoms with Gasteiger partial charge in [0.15, 0.2) is 0 Å². The van der Waals surface area contributed by atoms with Crippen molar-refractivity contribution in [2.45, 2.75) is 5.41 Å². The van der Waals surface area contributed by atoms with E-state index >= 15 is 0 Å². The van der Waals surface area contributed by atoms with E-state index < -0.39 is 5.41 Å². The van der Waals surface area contributed by atoms with Crippen molar-refractivity contribution in [2.75, 3.05) is 0 Å². The van der Waals surface area contributed by atoms with Crippen LogP contribution in [0.15, 0.2) is 170 Å². The Labute approximate surface area is 309 Å². The second-order valence-corrected chi connectivity index (χ2v) is 14.6. The van der Waals surface area contributed by atoms with Crippen LogP contribution in [0.1, 0.15) is 22.3 Å². The Kier molecular flexibility index (Phi) is 5.66. The number of aromatic nitrogens is 2. The van der Waals surface area contributed by atoms with E-state index in [0.717, 1.165) is 22.3 Å². The molecule has 2 heterocycles. The van der Waals surface area contributed by atoms with Gasteiger partial charge in [0.1, 0.15) is 15.7 Å². The molecule has 0 bridgehead atoms. The van der Waals surface area contributed by atoms with E-state index in [-0.39, 0.29) is 0 Å². The lowest BCUT2D eigenvalue weighted by atomic mass is 9.69. The summed E-state index contributed by atoms with van der Waals surface area (Å²) in [5.41, 5.74) is 17.5. The third kappa shape index (κ3) is 3.65. The first kappa shape index (κ1) is 29.1. The molecule has 240 valence electrons. The second kappa shape index (κ2) is 10.3. The van der Waals surface area contributed by atoms with Gasteiger partial charge in [-0.3, -0.25) is 0 Å². The summed E-state index contributed by atoms with van der Waals surface area (Å²) in [7, 11) is 13.4. The van der Waals surface area contributed by atoms with Gasteiger partial charge >= 0.3 is 0 Å². The van der Waals surface area contributed by atoms with Crippen LogP contribution in [0.5, 0.6) is 0 Å². The van der Waals surface area contributed by atoms with Gasteiger partial charge in [-0.15, -0.1) is 0 Å². The highest BCUT2D eigenvalue weighted by Gasteiger charge is 2.52. The summed E-state index contributed by atoms with van der Waals surface area (Å²) in [6.07, 6.45) is 0. The third-order valence-electron chi connectivity index (χ3n) is 12.0. The second-order valence-electron chi connectivity index (χ2n) is 14.6. The summed E-state index contributed by atoms with van der Waals surface area (Å²) in [5, 5.41) is 4.98. The highest BCUT2D eigenvalue weighted by atomic mass is 15.0. The Balaban J connectivity index is 1.21. The van der Waals surface area contributed by atoms with Crippen LogP contribution in [0.3, 0.4) is 0 Å². The summed E-state index contributed by atoms with van der Waals surface area (Å²) in [5.74, 6) is 0. The number of rotatable bonds is 2. The van der Waals surface area contributed by atoms with Gasteiger partial charge in [-0.05, 0) is 93.0 Å². The molecule has 0 aliphatic heterocycles. The third-order valence-corrected chi connectivity index (χ3v) is 12.0. The quantitative estimate of drug-likeness (QED) is 0.163. The Morgan fingerprint density at radius 2 is 0.623 bits per heavy atom. The Hall–Kier alpha value is -6.51. The average molecular weight is 666 g/mol. The molecule has 53 heavy (non-hydrogen) atoms. The molecule has 0 amide bonds. The van der Waals surface area contributed by atoms with E-state index in [9.17, 15) is 0 Å². The predicted octanol–water partition coefficient (Wildman–Crippen LogP) is 9.81. The van der Waals surface area contributed by atoms with E-state index in [1.165, 1.54) is 88.1 Å². The van der Waals surface area contributed by atoms with Crippen molar-refractivity contribution in [1.82, 2.24) is 9.13 Å². The molecular formula is C49H28B2N2. The lowest BCUT2D eigenvalue weighted by molar-refractivity contribution is 0.793. The van der Waals surface area contributed by atoms with Crippen molar-refractivity contribution in [3.8, 4) is 33.6 Å².